The summed E-state index contributed by atoms with van der Waals surface area (Å²) in [7, 11) is 0. The first-order valence-electron chi connectivity index (χ1n) is 4.18. The number of carbonyl (C=O) groups excluding carboxylic acids is 1. The standard InChI is InChI=1S/C9H11NOS/c1-2-6-3-4-7-8(5-6)12-9(11)10-7/h3,5,7H,2,4H2,1H3,(H,10,11). The van der Waals surface area contributed by atoms with Crippen molar-refractivity contribution in [3.8, 4) is 0 Å². The molecule has 1 atom stereocenters. The lowest BCUT2D eigenvalue weighted by molar-refractivity contribution is 0.260. The molecule has 1 aliphatic heterocycles. The monoisotopic (exact) mass is 181 g/mol. The molecule has 0 radical (unpaired) electrons. The number of hydrogen-bond acceptors (Lipinski definition) is 2. The molecule has 2 nitrogen and oxygen atoms in total. The van der Waals surface area contributed by atoms with Gasteiger partial charge in [-0.1, -0.05) is 18.6 Å². The van der Waals surface area contributed by atoms with Gasteiger partial charge in [0.2, 0.25) is 0 Å². The third kappa shape index (κ3) is 1.29. The van der Waals surface area contributed by atoms with Crippen molar-refractivity contribution in [2.75, 3.05) is 0 Å². The van der Waals surface area contributed by atoms with Gasteiger partial charge in [0.1, 0.15) is 0 Å². The molecule has 0 saturated carbocycles. The molecule has 0 aromatic rings. The van der Waals surface area contributed by atoms with Gasteiger partial charge >= 0.3 is 0 Å². The number of allylic oxidation sites excluding steroid dienone is 2. The van der Waals surface area contributed by atoms with Gasteiger partial charge in [-0.2, -0.15) is 0 Å². The van der Waals surface area contributed by atoms with Crippen LogP contribution in [0.4, 0.5) is 4.79 Å². The van der Waals surface area contributed by atoms with Crippen LogP contribution in [0.3, 0.4) is 0 Å². The molecule has 0 bridgehead atoms. The van der Waals surface area contributed by atoms with E-state index in [0.29, 0.717) is 0 Å². The van der Waals surface area contributed by atoms with Gasteiger partial charge in [0, 0.05) is 4.91 Å². The summed E-state index contributed by atoms with van der Waals surface area (Å²) in [5.74, 6) is 0. The number of fused-ring (bicyclic) bond motifs is 1. The molecule has 0 aromatic heterocycles. The maximum Gasteiger partial charge on any atom is 0.284 e. The summed E-state index contributed by atoms with van der Waals surface area (Å²) >= 11 is 1.34. The first-order valence-corrected chi connectivity index (χ1v) is 5.00. The number of carbonyl (C=O) groups is 1. The average molecular weight is 181 g/mol. The highest BCUT2D eigenvalue weighted by atomic mass is 32.2. The van der Waals surface area contributed by atoms with Crippen molar-refractivity contribution in [1.29, 1.82) is 0 Å². The Kier molecular flexibility index (Phi) is 1.97. The number of rotatable bonds is 1. The Balaban J connectivity index is 2.20. The lowest BCUT2D eigenvalue weighted by atomic mass is 10.0. The zero-order valence-electron chi connectivity index (χ0n) is 6.96. The SMILES string of the molecule is CCC1=CCC2NC(=O)SC2=C1. The summed E-state index contributed by atoms with van der Waals surface area (Å²) in [5, 5.41) is 3.01. The van der Waals surface area contributed by atoms with Gasteiger partial charge in [0.05, 0.1) is 6.04 Å². The van der Waals surface area contributed by atoms with E-state index in [1.54, 1.807) is 0 Å². The Hall–Kier alpha value is -0.700. The van der Waals surface area contributed by atoms with Gasteiger partial charge in [-0.3, -0.25) is 4.79 Å². The van der Waals surface area contributed by atoms with E-state index in [-0.39, 0.29) is 11.3 Å². The zero-order valence-corrected chi connectivity index (χ0v) is 7.78. The van der Waals surface area contributed by atoms with Crippen LogP contribution in [0.2, 0.25) is 0 Å². The molecule has 2 aliphatic rings. The second-order valence-electron chi connectivity index (χ2n) is 3.00. The Labute approximate surface area is 76.1 Å². The van der Waals surface area contributed by atoms with Crippen LogP contribution in [0.5, 0.6) is 0 Å². The summed E-state index contributed by atoms with van der Waals surface area (Å²) in [4.78, 5) is 12.2. The summed E-state index contributed by atoms with van der Waals surface area (Å²) in [6.45, 7) is 2.14. The van der Waals surface area contributed by atoms with Gasteiger partial charge in [-0.05, 0) is 30.7 Å². The minimum absolute atomic E-state index is 0.0944. The number of hydrogen-bond donors (Lipinski definition) is 1. The van der Waals surface area contributed by atoms with E-state index in [1.165, 1.54) is 22.2 Å². The smallest absolute Gasteiger partial charge is 0.284 e. The normalized spacial score (nSPS) is 27.4. The quantitative estimate of drug-likeness (QED) is 0.673. The van der Waals surface area contributed by atoms with Crippen molar-refractivity contribution < 1.29 is 4.79 Å². The molecule has 0 aromatic carbocycles. The highest BCUT2D eigenvalue weighted by Crippen LogP contribution is 2.34. The second-order valence-corrected chi connectivity index (χ2v) is 4.05. The molecule has 1 N–H and O–H groups in total. The van der Waals surface area contributed by atoms with E-state index in [0.717, 1.165) is 12.8 Å². The van der Waals surface area contributed by atoms with Gasteiger partial charge in [0.25, 0.3) is 5.24 Å². The third-order valence-electron chi connectivity index (χ3n) is 2.20. The van der Waals surface area contributed by atoms with Crippen LogP contribution in [0.25, 0.3) is 0 Å². The van der Waals surface area contributed by atoms with Crippen LogP contribution in [0.15, 0.2) is 22.6 Å². The molecule has 1 aliphatic carbocycles. The Morgan fingerprint density at radius 1 is 1.75 bits per heavy atom. The van der Waals surface area contributed by atoms with Crippen molar-refractivity contribution in [3.05, 3.63) is 22.6 Å². The molecule has 1 saturated heterocycles. The molecule has 1 fully saturated rings. The van der Waals surface area contributed by atoms with Gasteiger partial charge in [0.15, 0.2) is 0 Å². The molecule has 64 valence electrons. The molecular weight excluding hydrogens is 170 g/mol. The van der Waals surface area contributed by atoms with E-state index in [2.05, 4.69) is 24.4 Å². The molecule has 1 unspecified atom stereocenters. The van der Waals surface area contributed by atoms with Crippen LogP contribution >= 0.6 is 11.8 Å². The first kappa shape index (κ1) is 7.92. The van der Waals surface area contributed by atoms with Crippen LogP contribution in [0.1, 0.15) is 19.8 Å². The lowest BCUT2D eigenvalue weighted by Gasteiger charge is -2.14. The van der Waals surface area contributed by atoms with Crippen molar-refractivity contribution >= 4 is 17.0 Å². The minimum Gasteiger partial charge on any atom is -0.339 e. The maximum atomic E-state index is 11.0. The number of nitrogens with one attached hydrogen (secondary N) is 1. The highest BCUT2D eigenvalue weighted by molar-refractivity contribution is 8.17. The summed E-state index contributed by atoms with van der Waals surface area (Å²) in [6.07, 6.45) is 6.37. The summed E-state index contributed by atoms with van der Waals surface area (Å²) in [6, 6.07) is 0.276. The summed E-state index contributed by atoms with van der Waals surface area (Å²) < 4.78 is 0. The predicted octanol–water partition coefficient (Wildman–Crippen LogP) is 2.44. The lowest BCUT2D eigenvalue weighted by Crippen LogP contribution is -2.25. The van der Waals surface area contributed by atoms with Crippen molar-refractivity contribution in [2.45, 2.75) is 25.8 Å². The number of thioether (sulfide) groups is 1. The fourth-order valence-corrected chi connectivity index (χ4v) is 2.41. The molecule has 1 heterocycles. The van der Waals surface area contributed by atoms with Crippen LogP contribution in [-0.2, 0) is 0 Å². The van der Waals surface area contributed by atoms with Crippen molar-refractivity contribution in [1.82, 2.24) is 5.32 Å². The highest BCUT2D eigenvalue weighted by Gasteiger charge is 2.28. The maximum absolute atomic E-state index is 11.0. The van der Waals surface area contributed by atoms with E-state index < -0.39 is 0 Å². The van der Waals surface area contributed by atoms with Crippen molar-refractivity contribution in [2.24, 2.45) is 0 Å². The largest absolute Gasteiger partial charge is 0.339 e. The number of amides is 1. The van der Waals surface area contributed by atoms with Gasteiger partial charge in [-0.25, -0.2) is 0 Å². The third-order valence-corrected chi connectivity index (χ3v) is 3.14. The Bertz CT molecular complexity index is 280. The zero-order chi connectivity index (χ0) is 8.55. The Morgan fingerprint density at radius 3 is 3.33 bits per heavy atom. The van der Waals surface area contributed by atoms with Crippen LogP contribution < -0.4 is 5.32 Å². The molecule has 0 spiro atoms. The van der Waals surface area contributed by atoms with Gasteiger partial charge < -0.3 is 5.32 Å². The minimum atomic E-state index is 0.0944. The molecular formula is C9H11NOS. The van der Waals surface area contributed by atoms with Gasteiger partial charge in [-0.15, -0.1) is 0 Å². The van der Waals surface area contributed by atoms with Crippen LogP contribution in [0, 0.1) is 0 Å². The topological polar surface area (TPSA) is 29.1 Å². The van der Waals surface area contributed by atoms with Crippen LogP contribution in [-0.4, -0.2) is 11.3 Å². The summed E-state index contributed by atoms with van der Waals surface area (Å²) in [5.41, 5.74) is 1.35. The van der Waals surface area contributed by atoms with E-state index in [9.17, 15) is 4.79 Å². The average Bonchev–Trinajstić information content (AvgIpc) is 2.43. The molecule has 2 rings (SSSR count). The van der Waals surface area contributed by atoms with E-state index >= 15 is 0 Å². The molecule has 3 heteroatoms. The van der Waals surface area contributed by atoms with E-state index in [4.69, 9.17) is 0 Å². The van der Waals surface area contributed by atoms with E-state index in [1.807, 2.05) is 0 Å². The second kappa shape index (κ2) is 2.98. The Morgan fingerprint density at radius 2 is 2.58 bits per heavy atom. The fourth-order valence-electron chi connectivity index (χ4n) is 1.48. The van der Waals surface area contributed by atoms with Crippen molar-refractivity contribution in [3.63, 3.8) is 0 Å². The predicted molar refractivity (Wildman–Crippen MR) is 51.0 cm³/mol. The molecule has 1 amide bonds. The fraction of sp³-hybridized carbons (Fsp3) is 0.444. The molecule has 12 heavy (non-hydrogen) atoms. The first-order chi connectivity index (χ1) is 5.79.